The number of hydrogen-bond donors (Lipinski definition) is 1. The molecule has 24 heavy (non-hydrogen) atoms. The van der Waals surface area contributed by atoms with Crippen molar-refractivity contribution in [3.63, 3.8) is 0 Å². The van der Waals surface area contributed by atoms with Crippen LogP contribution in [-0.4, -0.2) is 24.4 Å². The van der Waals surface area contributed by atoms with Crippen LogP contribution < -0.4 is 10.2 Å². The molecule has 2 bridgehead atoms. The molecule has 1 heterocycles. The minimum Gasteiger partial charge on any atom is -0.352 e. The molecule has 0 unspecified atom stereocenters. The van der Waals surface area contributed by atoms with Gasteiger partial charge in [0.1, 0.15) is 6.54 Å². The third-order valence-electron chi connectivity index (χ3n) is 6.04. The van der Waals surface area contributed by atoms with Crippen molar-refractivity contribution in [2.75, 3.05) is 11.4 Å². The van der Waals surface area contributed by atoms with Crippen molar-refractivity contribution in [3.8, 4) is 0 Å². The smallest absolute Gasteiger partial charge is 0.259 e. The zero-order chi connectivity index (χ0) is 16.3. The summed E-state index contributed by atoms with van der Waals surface area (Å²) in [5.74, 6) is 1.34. The molecule has 2 aliphatic carbocycles. The quantitative estimate of drug-likeness (QED) is 0.945. The van der Waals surface area contributed by atoms with Gasteiger partial charge in [-0.2, -0.15) is 0 Å². The summed E-state index contributed by atoms with van der Waals surface area (Å²) in [5, 5.41) is 5.20. The number of carbonyl (C=O) groups is 2. The molecular formula is C20H20N2O2. The Balaban J connectivity index is 1.37. The van der Waals surface area contributed by atoms with Crippen LogP contribution in [0, 0.1) is 11.8 Å². The monoisotopic (exact) mass is 320 g/mol. The van der Waals surface area contributed by atoms with Gasteiger partial charge < -0.3 is 5.32 Å². The van der Waals surface area contributed by atoms with Crippen molar-refractivity contribution in [2.45, 2.75) is 31.7 Å². The number of nitrogens with one attached hydrogen (secondary N) is 1. The maximum atomic E-state index is 12.7. The van der Waals surface area contributed by atoms with Crippen LogP contribution in [0.25, 0.3) is 10.8 Å². The van der Waals surface area contributed by atoms with E-state index in [0.717, 1.165) is 28.8 Å². The maximum Gasteiger partial charge on any atom is 0.259 e. The van der Waals surface area contributed by atoms with E-state index in [1.807, 2.05) is 36.4 Å². The van der Waals surface area contributed by atoms with E-state index in [0.29, 0.717) is 17.5 Å². The first kappa shape index (κ1) is 14.0. The van der Waals surface area contributed by atoms with Crippen LogP contribution in [0.1, 0.15) is 36.0 Å². The fourth-order valence-corrected chi connectivity index (χ4v) is 4.95. The summed E-state index contributed by atoms with van der Waals surface area (Å²) in [6.45, 7) is 0.112. The zero-order valence-corrected chi connectivity index (χ0v) is 13.5. The van der Waals surface area contributed by atoms with Crippen molar-refractivity contribution in [1.29, 1.82) is 0 Å². The average Bonchev–Trinajstić information content (AvgIpc) is 3.26. The van der Waals surface area contributed by atoms with E-state index in [4.69, 9.17) is 0 Å². The zero-order valence-electron chi connectivity index (χ0n) is 13.5. The largest absolute Gasteiger partial charge is 0.352 e. The third-order valence-corrected chi connectivity index (χ3v) is 6.04. The van der Waals surface area contributed by atoms with E-state index in [-0.39, 0.29) is 18.4 Å². The Hall–Kier alpha value is -2.36. The number of hydrogen-bond acceptors (Lipinski definition) is 2. The Labute approximate surface area is 140 Å². The summed E-state index contributed by atoms with van der Waals surface area (Å²) in [5.41, 5.74) is 1.56. The molecule has 2 amide bonds. The number of anilines is 1. The lowest BCUT2D eigenvalue weighted by Gasteiger charge is -2.24. The van der Waals surface area contributed by atoms with Crippen LogP contribution >= 0.6 is 0 Å². The fraction of sp³-hybridized carbons (Fsp3) is 0.400. The van der Waals surface area contributed by atoms with Crippen molar-refractivity contribution in [1.82, 2.24) is 5.32 Å². The molecule has 2 aromatic carbocycles. The molecule has 4 nitrogen and oxygen atoms in total. The normalized spacial score (nSPS) is 27.2. The number of carbonyl (C=O) groups excluding carboxylic acids is 2. The molecule has 0 saturated heterocycles. The van der Waals surface area contributed by atoms with Gasteiger partial charge in [0.2, 0.25) is 5.91 Å². The lowest BCUT2D eigenvalue weighted by Crippen LogP contribution is -2.45. The standard InChI is InChI=1S/C20H20N2O2/c23-18(21-16-10-12-7-8-14(16)9-12)11-22-17-6-2-4-13-3-1-5-15(19(13)17)20(22)24/h1-6,12,14,16H,7-11H2,(H,21,23)/t12-,14-,16-/m0/s1. The highest BCUT2D eigenvalue weighted by molar-refractivity contribution is 6.26. The second-order valence-electron chi connectivity index (χ2n) is 7.42. The SMILES string of the molecule is O=C(CN1C(=O)c2cccc3cccc1c23)N[C@H]1C[C@H]2CC[C@H]1C2. The molecule has 1 N–H and O–H groups in total. The summed E-state index contributed by atoms with van der Waals surface area (Å²) >= 11 is 0. The molecular weight excluding hydrogens is 300 g/mol. The van der Waals surface area contributed by atoms with Crippen molar-refractivity contribution in [3.05, 3.63) is 42.0 Å². The Morgan fingerprint density at radius 2 is 1.96 bits per heavy atom. The molecule has 0 spiro atoms. The van der Waals surface area contributed by atoms with Gasteiger partial charge in [-0.25, -0.2) is 0 Å². The minimum absolute atomic E-state index is 0.0364. The van der Waals surface area contributed by atoms with Crippen LogP contribution in [0.4, 0.5) is 5.69 Å². The fourth-order valence-electron chi connectivity index (χ4n) is 4.95. The van der Waals surface area contributed by atoms with E-state index < -0.39 is 0 Å². The average molecular weight is 320 g/mol. The molecule has 3 aliphatic rings. The number of benzene rings is 2. The van der Waals surface area contributed by atoms with E-state index in [9.17, 15) is 9.59 Å². The molecule has 0 radical (unpaired) electrons. The third kappa shape index (κ3) is 1.98. The van der Waals surface area contributed by atoms with Gasteiger partial charge in [0.05, 0.1) is 5.69 Å². The van der Waals surface area contributed by atoms with Gasteiger partial charge >= 0.3 is 0 Å². The maximum absolute atomic E-state index is 12.7. The molecule has 2 fully saturated rings. The Kier molecular flexibility index (Phi) is 2.96. The first-order valence-electron chi connectivity index (χ1n) is 8.83. The second kappa shape index (κ2) is 5.07. The molecule has 3 atom stereocenters. The summed E-state index contributed by atoms with van der Waals surface area (Å²) in [7, 11) is 0. The lowest BCUT2D eigenvalue weighted by molar-refractivity contribution is -0.120. The van der Waals surface area contributed by atoms with Crippen LogP contribution in [-0.2, 0) is 4.79 Å². The van der Waals surface area contributed by atoms with Crippen LogP contribution in [0.3, 0.4) is 0 Å². The van der Waals surface area contributed by atoms with E-state index in [2.05, 4.69) is 5.32 Å². The Morgan fingerprint density at radius 3 is 2.71 bits per heavy atom. The van der Waals surface area contributed by atoms with Crippen molar-refractivity contribution < 1.29 is 9.59 Å². The molecule has 2 saturated carbocycles. The molecule has 122 valence electrons. The summed E-state index contributed by atoms with van der Waals surface area (Å²) in [6, 6.07) is 12.0. The van der Waals surface area contributed by atoms with Gasteiger partial charge in [-0.15, -0.1) is 0 Å². The van der Waals surface area contributed by atoms with Gasteiger partial charge in [-0.05, 0) is 48.6 Å². The van der Waals surface area contributed by atoms with Gasteiger partial charge in [0, 0.05) is 17.0 Å². The lowest BCUT2D eigenvalue weighted by atomic mass is 9.95. The van der Waals surface area contributed by atoms with Crippen LogP contribution in [0.5, 0.6) is 0 Å². The van der Waals surface area contributed by atoms with E-state index in [1.165, 1.54) is 19.3 Å². The number of rotatable bonds is 3. The van der Waals surface area contributed by atoms with E-state index in [1.54, 1.807) is 4.90 Å². The predicted octanol–water partition coefficient (Wildman–Crippen LogP) is 3.10. The molecule has 4 heteroatoms. The number of nitrogens with zero attached hydrogens (tertiary/aromatic N) is 1. The van der Waals surface area contributed by atoms with Gasteiger partial charge in [-0.3, -0.25) is 14.5 Å². The van der Waals surface area contributed by atoms with Crippen molar-refractivity contribution >= 4 is 28.3 Å². The molecule has 5 rings (SSSR count). The van der Waals surface area contributed by atoms with Gasteiger partial charge in [-0.1, -0.05) is 30.7 Å². The topological polar surface area (TPSA) is 49.4 Å². The Bertz CT molecular complexity index is 855. The molecule has 1 aliphatic heterocycles. The molecule has 2 aromatic rings. The summed E-state index contributed by atoms with van der Waals surface area (Å²) in [6.07, 6.45) is 4.93. The second-order valence-corrected chi connectivity index (χ2v) is 7.42. The first-order valence-corrected chi connectivity index (χ1v) is 8.83. The van der Waals surface area contributed by atoms with Crippen molar-refractivity contribution in [2.24, 2.45) is 11.8 Å². The predicted molar refractivity (Wildman–Crippen MR) is 93.0 cm³/mol. The van der Waals surface area contributed by atoms with Crippen LogP contribution in [0.2, 0.25) is 0 Å². The van der Waals surface area contributed by atoms with Crippen LogP contribution in [0.15, 0.2) is 36.4 Å². The summed E-state index contributed by atoms with van der Waals surface area (Å²) in [4.78, 5) is 26.9. The summed E-state index contributed by atoms with van der Waals surface area (Å²) < 4.78 is 0. The molecule has 0 aromatic heterocycles. The highest BCUT2D eigenvalue weighted by Gasteiger charge is 2.40. The number of fused-ring (bicyclic) bond motifs is 2. The first-order chi connectivity index (χ1) is 11.7. The number of amides is 2. The van der Waals surface area contributed by atoms with Gasteiger partial charge in [0.25, 0.3) is 5.91 Å². The Morgan fingerprint density at radius 1 is 1.12 bits per heavy atom. The highest BCUT2D eigenvalue weighted by atomic mass is 16.2. The van der Waals surface area contributed by atoms with Gasteiger partial charge in [0.15, 0.2) is 0 Å². The highest BCUT2D eigenvalue weighted by Crippen LogP contribution is 2.44. The van der Waals surface area contributed by atoms with E-state index >= 15 is 0 Å². The minimum atomic E-state index is -0.0649.